The third-order valence-electron chi connectivity index (χ3n) is 10.4. The number of hydrogen-bond donors (Lipinski definition) is 0. The van der Waals surface area contributed by atoms with Crippen LogP contribution in [0.15, 0.2) is 162 Å². The molecule has 11 rings (SSSR count). The zero-order chi connectivity index (χ0) is 30.6. The standard InChI is InChI=1S/C45H27NO/c1-2-12-27(13-3-1)43-35-23-22-34-33-19-9-11-21-42(33)47-45(34)44(35)37-25-36-32-18-8-10-20-39(32)46(41(36)26-38(37)43)40-24-28-14-4-5-15-29(28)30-16-6-7-17-31(30)40/h1-26,43H. The number of benzene rings is 8. The molecule has 47 heavy (non-hydrogen) atoms. The van der Waals surface area contributed by atoms with E-state index in [1.165, 1.54) is 82.2 Å². The monoisotopic (exact) mass is 597 g/mol. The van der Waals surface area contributed by atoms with Crippen LogP contribution in [-0.2, 0) is 0 Å². The number of fused-ring (bicyclic) bond motifs is 13. The van der Waals surface area contributed by atoms with Crippen molar-refractivity contribution in [1.29, 1.82) is 0 Å². The van der Waals surface area contributed by atoms with Crippen molar-refractivity contribution >= 4 is 65.3 Å². The SMILES string of the molecule is c1ccc(C2c3cc4c(cc3-c3c2ccc2c3oc3ccccc32)c2ccccc2n4-c2cc3ccccc3c3ccccc23)cc1. The molecule has 0 radical (unpaired) electrons. The smallest absolute Gasteiger partial charge is 0.143 e. The summed E-state index contributed by atoms with van der Waals surface area (Å²) in [6.45, 7) is 0. The first-order valence-corrected chi connectivity index (χ1v) is 16.3. The van der Waals surface area contributed by atoms with Crippen molar-refractivity contribution in [1.82, 2.24) is 4.57 Å². The van der Waals surface area contributed by atoms with E-state index in [0.29, 0.717) is 0 Å². The third-order valence-corrected chi connectivity index (χ3v) is 10.4. The largest absolute Gasteiger partial charge is 0.455 e. The first kappa shape index (κ1) is 25.1. The zero-order valence-corrected chi connectivity index (χ0v) is 25.4. The number of hydrogen-bond acceptors (Lipinski definition) is 1. The molecule has 0 amide bonds. The molecule has 2 heterocycles. The van der Waals surface area contributed by atoms with E-state index in [4.69, 9.17) is 4.42 Å². The van der Waals surface area contributed by atoms with Gasteiger partial charge in [0.1, 0.15) is 11.2 Å². The average Bonchev–Trinajstić information content (AvgIpc) is 3.78. The second-order valence-electron chi connectivity index (χ2n) is 12.8. The van der Waals surface area contributed by atoms with Gasteiger partial charge >= 0.3 is 0 Å². The van der Waals surface area contributed by atoms with Gasteiger partial charge in [-0.25, -0.2) is 0 Å². The van der Waals surface area contributed by atoms with Crippen molar-refractivity contribution in [3.05, 3.63) is 174 Å². The molecule has 2 aromatic heterocycles. The Bertz CT molecular complexity index is 2910. The van der Waals surface area contributed by atoms with Crippen LogP contribution in [0, 0.1) is 0 Å². The molecule has 8 aromatic carbocycles. The molecule has 1 atom stereocenters. The Morgan fingerprint density at radius 3 is 2.02 bits per heavy atom. The van der Waals surface area contributed by atoms with Crippen LogP contribution in [0.4, 0.5) is 0 Å². The molecular formula is C45H27NO. The summed E-state index contributed by atoms with van der Waals surface area (Å²) in [5.74, 6) is 0.100. The Morgan fingerprint density at radius 1 is 0.447 bits per heavy atom. The molecule has 0 saturated carbocycles. The molecular weight excluding hydrogens is 571 g/mol. The normalized spacial score (nSPS) is 14.2. The van der Waals surface area contributed by atoms with E-state index in [0.717, 1.165) is 16.6 Å². The second kappa shape index (κ2) is 9.22. The van der Waals surface area contributed by atoms with E-state index in [-0.39, 0.29) is 5.92 Å². The maximum Gasteiger partial charge on any atom is 0.143 e. The van der Waals surface area contributed by atoms with Gasteiger partial charge in [0.15, 0.2) is 0 Å². The first-order valence-electron chi connectivity index (χ1n) is 16.3. The first-order chi connectivity index (χ1) is 23.3. The minimum Gasteiger partial charge on any atom is -0.455 e. The summed E-state index contributed by atoms with van der Waals surface area (Å²) in [7, 11) is 0. The predicted molar refractivity (Wildman–Crippen MR) is 196 cm³/mol. The van der Waals surface area contributed by atoms with Gasteiger partial charge in [0.05, 0.1) is 16.7 Å². The summed E-state index contributed by atoms with van der Waals surface area (Å²) < 4.78 is 9.20. The number of para-hydroxylation sites is 2. The molecule has 1 unspecified atom stereocenters. The summed E-state index contributed by atoms with van der Waals surface area (Å²) in [5.41, 5.74) is 11.9. The van der Waals surface area contributed by atoms with Crippen LogP contribution in [0.3, 0.4) is 0 Å². The molecule has 0 fully saturated rings. The minimum absolute atomic E-state index is 0.100. The highest BCUT2D eigenvalue weighted by Gasteiger charge is 2.34. The molecule has 0 N–H and O–H groups in total. The van der Waals surface area contributed by atoms with Crippen LogP contribution >= 0.6 is 0 Å². The number of furan rings is 1. The van der Waals surface area contributed by atoms with Crippen molar-refractivity contribution in [2.75, 3.05) is 0 Å². The molecule has 218 valence electrons. The highest BCUT2D eigenvalue weighted by molar-refractivity contribution is 6.18. The Hall–Kier alpha value is -6.12. The molecule has 2 nitrogen and oxygen atoms in total. The number of nitrogens with zero attached hydrogens (tertiary/aromatic N) is 1. The van der Waals surface area contributed by atoms with Gasteiger partial charge in [-0.3, -0.25) is 0 Å². The van der Waals surface area contributed by atoms with Gasteiger partial charge < -0.3 is 8.98 Å². The summed E-state index contributed by atoms with van der Waals surface area (Å²) in [6, 6.07) is 57.7. The number of aromatic nitrogens is 1. The lowest BCUT2D eigenvalue weighted by Gasteiger charge is -2.16. The van der Waals surface area contributed by atoms with Gasteiger partial charge in [-0.2, -0.15) is 0 Å². The van der Waals surface area contributed by atoms with E-state index in [9.17, 15) is 0 Å². The summed E-state index contributed by atoms with van der Waals surface area (Å²) in [4.78, 5) is 0. The van der Waals surface area contributed by atoms with Gasteiger partial charge in [-0.1, -0.05) is 127 Å². The molecule has 0 aliphatic heterocycles. The van der Waals surface area contributed by atoms with Crippen molar-refractivity contribution in [2.24, 2.45) is 0 Å². The lowest BCUT2D eigenvalue weighted by atomic mass is 9.89. The van der Waals surface area contributed by atoms with Crippen LogP contribution in [-0.4, -0.2) is 4.57 Å². The van der Waals surface area contributed by atoms with Crippen LogP contribution in [0.1, 0.15) is 22.6 Å². The van der Waals surface area contributed by atoms with E-state index in [2.05, 4.69) is 162 Å². The molecule has 0 bridgehead atoms. The molecule has 0 saturated heterocycles. The summed E-state index contributed by atoms with van der Waals surface area (Å²) in [5, 5.41) is 9.89. The van der Waals surface area contributed by atoms with Crippen LogP contribution in [0.2, 0.25) is 0 Å². The Balaban J connectivity index is 1.30. The lowest BCUT2D eigenvalue weighted by Crippen LogP contribution is -2.00. The van der Waals surface area contributed by atoms with Gasteiger partial charge in [-0.05, 0) is 68.7 Å². The maximum absolute atomic E-state index is 6.69. The van der Waals surface area contributed by atoms with E-state index < -0.39 is 0 Å². The Labute approximate surface area is 270 Å². The summed E-state index contributed by atoms with van der Waals surface area (Å²) >= 11 is 0. The van der Waals surface area contributed by atoms with Crippen molar-refractivity contribution in [3.8, 4) is 16.8 Å². The highest BCUT2D eigenvalue weighted by Crippen LogP contribution is 2.54. The van der Waals surface area contributed by atoms with Crippen LogP contribution in [0.25, 0.3) is 82.1 Å². The topological polar surface area (TPSA) is 18.1 Å². The van der Waals surface area contributed by atoms with Gasteiger partial charge in [0.25, 0.3) is 0 Å². The number of rotatable bonds is 2. The third kappa shape index (κ3) is 3.34. The lowest BCUT2D eigenvalue weighted by molar-refractivity contribution is 0.670. The second-order valence-corrected chi connectivity index (χ2v) is 12.8. The van der Waals surface area contributed by atoms with Crippen LogP contribution in [0.5, 0.6) is 0 Å². The molecule has 0 spiro atoms. The van der Waals surface area contributed by atoms with E-state index >= 15 is 0 Å². The fraction of sp³-hybridized carbons (Fsp3) is 0.0222. The Kier molecular flexibility index (Phi) is 4.92. The minimum atomic E-state index is 0.100. The fourth-order valence-electron chi connectivity index (χ4n) is 8.46. The summed E-state index contributed by atoms with van der Waals surface area (Å²) in [6.07, 6.45) is 0. The molecule has 10 aromatic rings. The quantitative estimate of drug-likeness (QED) is 0.181. The zero-order valence-electron chi connectivity index (χ0n) is 25.4. The maximum atomic E-state index is 6.69. The highest BCUT2D eigenvalue weighted by atomic mass is 16.3. The van der Waals surface area contributed by atoms with Gasteiger partial charge in [0.2, 0.25) is 0 Å². The van der Waals surface area contributed by atoms with Crippen molar-refractivity contribution in [3.63, 3.8) is 0 Å². The van der Waals surface area contributed by atoms with Crippen LogP contribution < -0.4 is 0 Å². The molecule has 2 heteroatoms. The van der Waals surface area contributed by atoms with Gasteiger partial charge in [-0.15, -0.1) is 0 Å². The van der Waals surface area contributed by atoms with E-state index in [1.54, 1.807) is 0 Å². The predicted octanol–water partition coefficient (Wildman–Crippen LogP) is 12.2. The van der Waals surface area contributed by atoms with Crippen molar-refractivity contribution < 1.29 is 4.42 Å². The Morgan fingerprint density at radius 2 is 1.15 bits per heavy atom. The molecule has 1 aliphatic carbocycles. The van der Waals surface area contributed by atoms with Gasteiger partial charge in [0, 0.05) is 38.4 Å². The average molecular weight is 598 g/mol. The van der Waals surface area contributed by atoms with E-state index in [1.807, 2.05) is 0 Å². The van der Waals surface area contributed by atoms with Crippen molar-refractivity contribution in [2.45, 2.75) is 5.92 Å². The molecule has 1 aliphatic rings. The fourth-order valence-corrected chi connectivity index (χ4v) is 8.46.